The molecule has 25 heavy (non-hydrogen) atoms. The summed E-state index contributed by atoms with van der Waals surface area (Å²) in [4.78, 5) is 12.2. The minimum Gasteiger partial charge on any atom is -0.354 e. The topological polar surface area (TPSA) is 81.1 Å². The van der Waals surface area contributed by atoms with Gasteiger partial charge in [0.05, 0.1) is 23.4 Å². The van der Waals surface area contributed by atoms with Crippen molar-refractivity contribution >= 4 is 15.7 Å². The Morgan fingerprint density at radius 2 is 1.92 bits per heavy atom. The Bertz CT molecular complexity index is 829. The van der Waals surface area contributed by atoms with Gasteiger partial charge in [-0.05, 0) is 43.4 Å². The lowest BCUT2D eigenvalue weighted by Crippen LogP contribution is -2.29. The highest BCUT2D eigenvalue weighted by Gasteiger charge is 2.17. The maximum absolute atomic E-state index is 12.2. The van der Waals surface area contributed by atoms with Crippen molar-refractivity contribution in [2.45, 2.75) is 43.5 Å². The first-order chi connectivity index (χ1) is 12.1. The molecule has 2 aromatic rings. The van der Waals surface area contributed by atoms with Crippen LogP contribution in [-0.4, -0.2) is 36.4 Å². The average molecular weight is 361 g/mol. The van der Waals surface area contributed by atoms with Crippen LogP contribution in [0.15, 0.2) is 41.4 Å². The third kappa shape index (κ3) is 4.48. The lowest BCUT2D eigenvalue weighted by Gasteiger charge is -2.14. The highest BCUT2D eigenvalue weighted by atomic mass is 32.2. The molecule has 1 aromatic carbocycles. The van der Waals surface area contributed by atoms with Gasteiger partial charge in [0.2, 0.25) is 5.91 Å². The van der Waals surface area contributed by atoms with Gasteiger partial charge in [-0.3, -0.25) is 9.48 Å². The molecule has 0 unspecified atom stereocenters. The van der Waals surface area contributed by atoms with Crippen molar-refractivity contribution in [1.29, 1.82) is 0 Å². The van der Waals surface area contributed by atoms with E-state index in [1.54, 1.807) is 30.3 Å². The summed E-state index contributed by atoms with van der Waals surface area (Å²) < 4.78 is 26.3. The van der Waals surface area contributed by atoms with E-state index in [-0.39, 0.29) is 23.0 Å². The molecule has 0 aliphatic heterocycles. The van der Waals surface area contributed by atoms with Gasteiger partial charge in [0.1, 0.15) is 0 Å². The zero-order valence-corrected chi connectivity index (χ0v) is 15.0. The quantitative estimate of drug-likeness (QED) is 0.814. The highest BCUT2D eigenvalue weighted by Crippen LogP contribution is 2.20. The second-order valence-corrected chi connectivity index (χ2v) is 8.39. The van der Waals surface area contributed by atoms with Crippen LogP contribution in [-0.2, 0) is 34.0 Å². The zero-order valence-electron chi connectivity index (χ0n) is 14.1. The van der Waals surface area contributed by atoms with E-state index in [2.05, 4.69) is 10.4 Å². The number of benzene rings is 1. The number of rotatable bonds is 7. The summed E-state index contributed by atoms with van der Waals surface area (Å²) in [7, 11) is -3.41. The van der Waals surface area contributed by atoms with Gasteiger partial charge in [-0.15, -0.1) is 0 Å². The number of nitrogens with zero attached hydrogens (tertiary/aromatic N) is 2. The normalized spacial score (nSPS) is 14.1. The molecular weight excluding hydrogens is 338 g/mol. The zero-order chi connectivity index (χ0) is 17.7. The Labute approximate surface area is 148 Å². The summed E-state index contributed by atoms with van der Waals surface area (Å²) in [5.41, 5.74) is 2.58. The smallest absolute Gasteiger partial charge is 0.221 e. The maximum atomic E-state index is 12.2. The maximum Gasteiger partial charge on any atom is 0.221 e. The molecule has 0 atom stereocenters. The first-order valence-corrected chi connectivity index (χ1v) is 10.3. The van der Waals surface area contributed by atoms with E-state index in [0.29, 0.717) is 13.1 Å². The molecule has 134 valence electrons. The number of sulfone groups is 1. The van der Waals surface area contributed by atoms with E-state index in [0.717, 1.165) is 12.8 Å². The number of carbonyl (C=O) groups excluding carboxylic acids is 1. The van der Waals surface area contributed by atoms with E-state index < -0.39 is 9.84 Å². The summed E-state index contributed by atoms with van der Waals surface area (Å²) >= 11 is 0. The molecule has 1 N–H and O–H groups in total. The molecular formula is C18H23N3O3S. The second-order valence-electron chi connectivity index (χ2n) is 6.28. The number of hydrogen-bond acceptors (Lipinski definition) is 4. The summed E-state index contributed by atoms with van der Waals surface area (Å²) in [6, 6.07) is 8.22. The van der Waals surface area contributed by atoms with Crippen molar-refractivity contribution in [3.05, 3.63) is 47.8 Å². The molecule has 0 fully saturated rings. The van der Waals surface area contributed by atoms with Crippen LogP contribution in [0.4, 0.5) is 0 Å². The highest BCUT2D eigenvalue weighted by molar-refractivity contribution is 7.91. The molecule has 1 amide bonds. The molecule has 0 saturated carbocycles. The van der Waals surface area contributed by atoms with Crippen LogP contribution >= 0.6 is 0 Å². The first-order valence-electron chi connectivity index (χ1n) is 8.64. The largest absolute Gasteiger partial charge is 0.354 e. The van der Waals surface area contributed by atoms with Crippen molar-refractivity contribution in [3.8, 4) is 0 Å². The summed E-state index contributed by atoms with van der Waals surface area (Å²) in [6.45, 7) is 1.07. The van der Waals surface area contributed by atoms with Crippen LogP contribution in [0.2, 0.25) is 0 Å². The van der Waals surface area contributed by atoms with Crippen LogP contribution < -0.4 is 5.32 Å². The third-order valence-electron chi connectivity index (χ3n) is 4.49. The predicted molar refractivity (Wildman–Crippen MR) is 95.0 cm³/mol. The minimum absolute atomic E-state index is 0.0333. The molecule has 0 bridgehead atoms. The van der Waals surface area contributed by atoms with Crippen molar-refractivity contribution in [2.24, 2.45) is 0 Å². The van der Waals surface area contributed by atoms with Crippen molar-refractivity contribution in [1.82, 2.24) is 15.1 Å². The molecule has 1 aliphatic carbocycles. The molecule has 0 radical (unpaired) electrons. The fraction of sp³-hybridized carbons (Fsp3) is 0.444. The number of nitrogens with one attached hydrogen (secondary N) is 1. The Hall–Kier alpha value is -2.15. The number of aryl methyl sites for hydroxylation is 1. The van der Waals surface area contributed by atoms with Crippen molar-refractivity contribution < 1.29 is 13.2 Å². The number of carbonyl (C=O) groups is 1. The van der Waals surface area contributed by atoms with Gasteiger partial charge in [0, 0.05) is 18.7 Å². The van der Waals surface area contributed by atoms with Gasteiger partial charge >= 0.3 is 0 Å². The SMILES string of the molecule is O=C(CCS(=O)(=O)c1ccccc1)NCCn1ncc2c1CCCC2. The van der Waals surface area contributed by atoms with Crippen LogP contribution in [0.3, 0.4) is 0 Å². The number of amides is 1. The Kier molecular flexibility index (Phi) is 5.53. The minimum atomic E-state index is -3.41. The second kappa shape index (κ2) is 7.82. The molecule has 6 nitrogen and oxygen atoms in total. The molecule has 1 aromatic heterocycles. The summed E-state index contributed by atoms with van der Waals surface area (Å²) in [5, 5.41) is 7.18. The van der Waals surface area contributed by atoms with Crippen LogP contribution in [0.5, 0.6) is 0 Å². The van der Waals surface area contributed by atoms with E-state index in [1.165, 1.54) is 24.1 Å². The lowest BCUT2D eigenvalue weighted by atomic mass is 9.98. The van der Waals surface area contributed by atoms with Gasteiger partial charge < -0.3 is 5.32 Å². The molecule has 3 rings (SSSR count). The molecule has 7 heteroatoms. The standard InChI is InChI=1S/C18H23N3O3S/c22-18(10-13-25(23,24)16-7-2-1-3-8-16)19-11-12-21-17-9-5-4-6-15(17)14-20-21/h1-3,7-8,14H,4-6,9-13H2,(H,19,22). The van der Waals surface area contributed by atoms with Gasteiger partial charge in [0.15, 0.2) is 9.84 Å². The fourth-order valence-corrected chi connectivity index (χ4v) is 4.37. The fourth-order valence-electron chi connectivity index (χ4n) is 3.11. The molecule has 0 spiro atoms. The monoisotopic (exact) mass is 361 g/mol. The predicted octanol–water partition coefficient (Wildman–Crippen LogP) is 1.74. The lowest BCUT2D eigenvalue weighted by molar-refractivity contribution is -0.120. The van der Waals surface area contributed by atoms with E-state index in [9.17, 15) is 13.2 Å². The third-order valence-corrected chi connectivity index (χ3v) is 6.22. The first kappa shape index (κ1) is 17.7. The summed E-state index contributed by atoms with van der Waals surface area (Å²) in [6.07, 6.45) is 6.41. The van der Waals surface area contributed by atoms with Crippen LogP contribution in [0, 0.1) is 0 Å². The number of aromatic nitrogens is 2. The van der Waals surface area contributed by atoms with Crippen LogP contribution in [0.1, 0.15) is 30.5 Å². The Morgan fingerprint density at radius 1 is 1.16 bits per heavy atom. The van der Waals surface area contributed by atoms with Gasteiger partial charge in [0.25, 0.3) is 0 Å². The van der Waals surface area contributed by atoms with Crippen molar-refractivity contribution in [3.63, 3.8) is 0 Å². The molecule has 0 saturated heterocycles. The van der Waals surface area contributed by atoms with Gasteiger partial charge in [-0.1, -0.05) is 18.2 Å². The van der Waals surface area contributed by atoms with E-state index >= 15 is 0 Å². The van der Waals surface area contributed by atoms with Crippen LogP contribution in [0.25, 0.3) is 0 Å². The van der Waals surface area contributed by atoms with Gasteiger partial charge in [-0.2, -0.15) is 5.10 Å². The average Bonchev–Trinajstić information content (AvgIpc) is 3.04. The Morgan fingerprint density at radius 3 is 2.72 bits per heavy atom. The summed E-state index contributed by atoms with van der Waals surface area (Å²) in [5.74, 6) is -0.430. The number of fused-ring (bicyclic) bond motifs is 1. The number of hydrogen-bond donors (Lipinski definition) is 1. The Balaban J connectivity index is 1.45. The van der Waals surface area contributed by atoms with Gasteiger partial charge in [-0.25, -0.2) is 8.42 Å². The van der Waals surface area contributed by atoms with E-state index in [1.807, 2.05) is 10.9 Å². The van der Waals surface area contributed by atoms with Crippen molar-refractivity contribution in [2.75, 3.05) is 12.3 Å². The van der Waals surface area contributed by atoms with E-state index in [4.69, 9.17) is 0 Å². The molecule has 1 aliphatic rings. The molecule has 1 heterocycles.